The zero-order chi connectivity index (χ0) is 22.1. The predicted octanol–water partition coefficient (Wildman–Crippen LogP) is 3.73. The smallest absolute Gasteiger partial charge is 0.341 e. The summed E-state index contributed by atoms with van der Waals surface area (Å²) < 4.78 is 35.1. The summed E-state index contributed by atoms with van der Waals surface area (Å²) in [6, 6.07) is 8.56. The molecule has 0 saturated carbocycles. The monoisotopic (exact) mass is 428 g/mol. The molecular weight excluding hydrogens is 406 g/mol. The maximum atomic E-state index is 13.8. The lowest BCUT2D eigenvalue weighted by molar-refractivity contribution is -0.139. The third-order valence-electron chi connectivity index (χ3n) is 5.66. The lowest BCUT2D eigenvalue weighted by atomic mass is 9.92. The number of aliphatic carboxylic acids is 1. The van der Waals surface area contributed by atoms with Crippen molar-refractivity contribution in [2.24, 2.45) is 5.73 Å². The molecule has 1 unspecified atom stereocenters. The Morgan fingerprint density at radius 1 is 1.16 bits per heavy atom. The molecule has 0 radical (unpaired) electrons. The molecule has 8 heteroatoms. The van der Waals surface area contributed by atoms with Gasteiger partial charge in [0.1, 0.15) is 17.4 Å². The van der Waals surface area contributed by atoms with Crippen molar-refractivity contribution in [3.05, 3.63) is 64.9 Å². The van der Waals surface area contributed by atoms with Crippen LogP contribution in [0.3, 0.4) is 0 Å². The maximum Gasteiger partial charge on any atom is 0.341 e. The molecular formula is C23H22F2N2O4. The van der Waals surface area contributed by atoms with Gasteiger partial charge >= 0.3 is 5.97 Å². The summed E-state index contributed by atoms with van der Waals surface area (Å²) in [5.74, 6) is -3.14. The lowest BCUT2D eigenvalue weighted by Gasteiger charge is -2.14. The van der Waals surface area contributed by atoms with Gasteiger partial charge in [-0.25, -0.2) is 13.6 Å². The number of nitrogens with zero attached hydrogens (tertiary/aromatic N) is 1. The summed E-state index contributed by atoms with van der Waals surface area (Å²) in [4.78, 5) is 23.4. The van der Waals surface area contributed by atoms with Gasteiger partial charge in [-0.3, -0.25) is 4.79 Å². The molecule has 2 aromatic carbocycles. The standard InChI is InChI=1S/C23H22F2N2O4/c24-14-8-13(9-15(25)10-14)11-27-17-5-2-1-4-16(23(26)30)21(17)22-18(27)6-3-7-19(22)31-12-20(28)29/h3,6-10,16H,1-2,4-5,11-12H2,(H2,26,30)(H,28,29). The number of carbonyl (C=O) groups excluding carboxylic acids is 1. The summed E-state index contributed by atoms with van der Waals surface area (Å²) in [7, 11) is 0. The Morgan fingerprint density at radius 2 is 1.90 bits per heavy atom. The molecule has 3 N–H and O–H groups in total. The van der Waals surface area contributed by atoms with Crippen LogP contribution in [0, 0.1) is 11.6 Å². The molecule has 1 atom stereocenters. The highest BCUT2D eigenvalue weighted by atomic mass is 19.1. The van der Waals surface area contributed by atoms with Crippen LogP contribution >= 0.6 is 0 Å². The molecule has 0 bridgehead atoms. The Labute approximate surface area is 177 Å². The summed E-state index contributed by atoms with van der Waals surface area (Å²) in [5.41, 5.74) is 8.45. The van der Waals surface area contributed by atoms with Crippen LogP contribution in [0.5, 0.6) is 5.75 Å². The normalized spacial score (nSPS) is 16.0. The first kappa shape index (κ1) is 20.8. The third kappa shape index (κ3) is 4.10. The van der Waals surface area contributed by atoms with E-state index in [-0.39, 0.29) is 6.54 Å². The second kappa shape index (κ2) is 8.37. The summed E-state index contributed by atoms with van der Waals surface area (Å²) in [6.45, 7) is -0.343. The van der Waals surface area contributed by atoms with Crippen LogP contribution in [0.2, 0.25) is 0 Å². The number of ether oxygens (including phenoxy) is 1. The van der Waals surface area contributed by atoms with Crippen LogP contribution in [0.4, 0.5) is 8.78 Å². The number of rotatable bonds is 6. The molecule has 1 amide bonds. The zero-order valence-electron chi connectivity index (χ0n) is 16.7. The number of fused-ring (bicyclic) bond motifs is 3. The van der Waals surface area contributed by atoms with Gasteiger partial charge in [-0.1, -0.05) is 12.5 Å². The minimum Gasteiger partial charge on any atom is -0.481 e. The number of carboxylic acid groups (broad SMARTS) is 1. The maximum absolute atomic E-state index is 13.8. The highest BCUT2D eigenvalue weighted by Gasteiger charge is 2.31. The van der Waals surface area contributed by atoms with Crippen molar-refractivity contribution in [2.45, 2.75) is 38.1 Å². The van der Waals surface area contributed by atoms with Crippen molar-refractivity contribution in [2.75, 3.05) is 6.61 Å². The first-order valence-electron chi connectivity index (χ1n) is 10.1. The van der Waals surface area contributed by atoms with E-state index >= 15 is 0 Å². The molecule has 0 spiro atoms. The van der Waals surface area contributed by atoms with Crippen molar-refractivity contribution in [3.8, 4) is 5.75 Å². The molecule has 1 aromatic heterocycles. The molecule has 0 saturated heterocycles. The van der Waals surface area contributed by atoms with E-state index in [2.05, 4.69) is 0 Å². The van der Waals surface area contributed by atoms with Crippen molar-refractivity contribution >= 4 is 22.8 Å². The van der Waals surface area contributed by atoms with E-state index in [9.17, 15) is 18.4 Å². The molecule has 0 aliphatic heterocycles. The Kier molecular flexibility index (Phi) is 5.63. The lowest BCUT2D eigenvalue weighted by Crippen LogP contribution is -2.21. The number of halogens is 2. The molecule has 1 aliphatic rings. The number of benzene rings is 2. The van der Waals surface area contributed by atoms with Gasteiger partial charge in [-0.15, -0.1) is 0 Å². The minimum absolute atomic E-state index is 0.189. The van der Waals surface area contributed by atoms with E-state index < -0.39 is 36.0 Å². The van der Waals surface area contributed by atoms with Gasteiger partial charge < -0.3 is 20.1 Å². The quantitative estimate of drug-likeness (QED) is 0.585. The second-order valence-corrected chi connectivity index (χ2v) is 7.76. The fourth-order valence-electron chi connectivity index (χ4n) is 4.49. The first-order valence-corrected chi connectivity index (χ1v) is 10.1. The molecule has 162 valence electrons. The first-order chi connectivity index (χ1) is 14.8. The van der Waals surface area contributed by atoms with E-state index in [0.29, 0.717) is 35.1 Å². The number of aromatic nitrogens is 1. The summed E-state index contributed by atoms with van der Waals surface area (Å²) >= 11 is 0. The van der Waals surface area contributed by atoms with E-state index in [1.54, 1.807) is 12.1 Å². The Morgan fingerprint density at radius 3 is 2.58 bits per heavy atom. The summed E-state index contributed by atoms with van der Waals surface area (Å²) in [5, 5.41) is 9.67. The number of carboxylic acids is 1. The molecule has 3 aromatic rings. The number of hydrogen-bond acceptors (Lipinski definition) is 3. The number of amides is 1. The van der Waals surface area contributed by atoms with Gasteiger partial charge in [-0.05, 0) is 54.7 Å². The van der Waals surface area contributed by atoms with E-state index in [4.69, 9.17) is 15.6 Å². The second-order valence-electron chi connectivity index (χ2n) is 7.76. The number of primary amides is 1. The molecule has 0 fully saturated rings. The molecule has 4 rings (SSSR count). The number of carbonyl (C=O) groups is 2. The number of hydrogen-bond donors (Lipinski definition) is 2. The van der Waals surface area contributed by atoms with E-state index in [1.165, 1.54) is 12.1 Å². The molecule has 1 aliphatic carbocycles. The average molecular weight is 428 g/mol. The van der Waals surface area contributed by atoms with Gasteiger partial charge in [0.2, 0.25) is 5.91 Å². The van der Waals surface area contributed by atoms with Crippen LogP contribution in [0.1, 0.15) is 42.0 Å². The Hall–Kier alpha value is -3.42. The van der Waals surface area contributed by atoms with Crippen LogP contribution in [-0.4, -0.2) is 28.2 Å². The van der Waals surface area contributed by atoms with Crippen LogP contribution < -0.4 is 10.5 Å². The predicted molar refractivity (Wildman–Crippen MR) is 110 cm³/mol. The van der Waals surface area contributed by atoms with E-state index in [0.717, 1.165) is 30.2 Å². The SMILES string of the molecule is NC(=O)C1CCCCc2c1c1c(OCC(=O)O)cccc1n2Cc1cc(F)cc(F)c1. The minimum atomic E-state index is -1.12. The van der Waals surface area contributed by atoms with Crippen molar-refractivity contribution in [1.82, 2.24) is 4.57 Å². The molecule has 31 heavy (non-hydrogen) atoms. The molecule has 6 nitrogen and oxygen atoms in total. The van der Waals surface area contributed by atoms with Gasteiger partial charge in [0.05, 0.1) is 11.4 Å². The third-order valence-corrected chi connectivity index (χ3v) is 5.66. The average Bonchev–Trinajstić information content (AvgIpc) is 2.85. The Bertz CT molecular complexity index is 1150. The van der Waals surface area contributed by atoms with Crippen LogP contribution in [0.15, 0.2) is 36.4 Å². The van der Waals surface area contributed by atoms with Crippen molar-refractivity contribution < 1.29 is 28.2 Å². The fraction of sp³-hybridized carbons (Fsp3) is 0.304. The van der Waals surface area contributed by atoms with Crippen molar-refractivity contribution in [1.29, 1.82) is 0 Å². The summed E-state index contributed by atoms with van der Waals surface area (Å²) in [6.07, 6.45) is 2.86. The van der Waals surface area contributed by atoms with Gasteiger partial charge in [0, 0.05) is 23.7 Å². The van der Waals surface area contributed by atoms with Crippen LogP contribution in [-0.2, 0) is 22.6 Å². The zero-order valence-corrected chi connectivity index (χ0v) is 16.7. The number of nitrogens with two attached hydrogens (primary N) is 1. The fourth-order valence-corrected chi connectivity index (χ4v) is 4.49. The topological polar surface area (TPSA) is 94.6 Å². The highest BCUT2D eigenvalue weighted by molar-refractivity contribution is 5.97. The van der Waals surface area contributed by atoms with E-state index in [1.807, 2.05) is 10.6 Å². The van der Waals surface area contributed by atoms with Crippen LogP contribution in [0.25, 0.3) is 10.9 Å². The molecule has 1 heterocycles. The largest absolute Gasteiger partial charge is 0.481 e. The van der Waals surface area contributed by atoms with Gasteiger partial charge in [-0.2, -0.15) is 0 Å². The highest BCUT2D eigenvalue weighted by Crippen LogP contribution is 2.42. The van der Waals surface area contributed by atoms with Gasteiger partial charge in [0.25, 0.3) is 0 Å². The Balaban J connectivity index is 1.95. The van der Waals surface area contributed by atoms with Gasteiger partial charge in [0.15, 0.2) is 6.61 Å². The van der Waals surface area contributed by atoms with Crippen molar-refractivity contribution in [3.63, 3.8) is 0 Å².